The van der Waals surface area contributed by atoms with Crippen LogP contribution in [0.3, 0.4) is 0 Å². The molecular weight excluding hydrogens is 224 g/mol. The standard InChI is InChI=1S/C16H24O2/c1-5-11(2)8-14(17)12-6-7-15-13(9-12)16(3,4)10-18-15/h6-7,9,11,14,17H,5,8,10H2,1-4H3. The quantitative estimate of drug-likeness (QED) is 0.877. The molecule has 1 heterocycles. The molecule has 2 nitrogen and oxygen atoms in total. The molecule has 0 fully saturated rings. The summed E-state index contributed by atoms with van der Waals surface area (Å²) in [5.74, 6) is 1.53. The lowest BCUT2D eigenvalue weighted by atomic mass is 9.85. The average molecular weight is 248 g/mol. The van der Waals surface area contributed by atoms with Gasteiger partial charge >= 0.3 is 0 Å². The molecule has 0 aliphatic carbocycles. The maximum atomic E-state index is 10.3. The molecule has 1 aromatic rings. The molecule has 1 aromatic carbocycles. The molecule has 2 rings (SSSR count). The summed E-state index contributed by atoms with van der Waals surface area (Å²) in [6, 6.07) is 6.11. The number of aliphatic hydroxyl groups is 1. The first-order chi connectivity index (χ1) is 8.44. The number of rotatable bonds is 4. The minimum atomic E-state index is -0.360. The number of hydrogen-bond acceptors (Lipinski definition) is 2. The molecule has 18 heavy (non-hydrogen) atoms. The highest BCUT2D eigenvalue weighted by Gasteiger charge is 2.32. The second-order valence-electron chi connectivity index (χ2n) is 6.19. The van der Waals surface area contributed by atoms with Gasteiger partial charge < -0.3 is 9.84 Å². The second-order valence-corrected chi connectivity index (χ2v) is 6.19. The maximum Gasteiger partial charge on any atom is 0.123 e. The van der Waals surface area contributed by atoms with Crippen LogP contribution in [-0.2, 0) is 5.41 Å². The number of aliphatic hydroxyl groups excluding tert-OH is 1. The fourth-order valence-electron chi connectivity index (χ4n) is 2.43. The topological polar surface area (TPSA) is 29.5 Å². The van der Waals surface area contributed by atoms with E-state index in [1.807, 2.05) is 12.1 Å². The Morgan fingerprint density at radius 2 is 2.11 bits per heavy atom. The molecule has 0 aromatic heterocycles. The van der Waals surface area contributed by atoms with Crippen molar-refractivity contribution in [3.05, 3.63) is 29.3 Å². The minimum absolute atomic E-state index is 0.0570. The van der Waals surface area contributed by atoms with Gasteiger partial charge in [0, 0.05) is 11.0 Å². The average Bonchev–Trinajstić information content (AvgIpc) is 2.65. The SMILES string of the molecule is CCC(C)CC(O)c1ccc2c(c1)C(C)(C)CO2. The summed E-state index contributed by atoms with van der Waals surface area (Å²) in [4.78, 5) is 0. The van der Waals surface area contributed by atoms with Crippen LogP contribution in [0.5, 0.6) is 5.75 Å². The summed E-state index contributed by atoms with van der Waals surface area (Å²) in [5, 5.41) is 10.3. The third kappa shape index (κ3) is 2.54. The molecule has 0 spiro atoms. The molecule has 2 heteroatoms. The zero-order valence-corrected chi connectivity index (χ0v) is 11.9. The Morgan fingerprint density at radius 1 is 1.39 bits per heavy atom. The van der Waals surface area contributed by atoms with Gasteiger partial charge in [-0.1, -0.05) is 40.2 Å². The highest BCUT2D eigenvalue weighted by molar-refractivity contribution is 5.45. The Balaban J connectivity index is 2.21. The molecule has 100 valence electrons. The van der Waals surface area contributed by atoms with Gasteiger partial charge in [-0.25, -0.2) is 0 Å². The van der Waals surface area contributed by atoms with E-state index in [1.165, 1.54) is 5.56 Å². The van der Waals surface area contributed by atoms with Crippen molar-refractivity contribution in [1.82, 2.24) is 0 Å². The van der Waals surface area contributed by atoms with Gasteiger partial charge in [-0.2, -0.15) is 0 Å². The Kier molecular flexibility index (Phi) is 3.67. The van der Waals surface area contributed by atoms with Crippen LogP contribution in [0.15, 0.2) is 18.2 Å². The lowest BCUT2D eigenvalue weighted by Crippen LogP contribution is -2.18. The predicted molar refractivity (Wildman–Crippen MR) is 74.0 cm³/mol. The van der Waals surface area contributed by atoms with Gasteiger partial charge in [0.1, 0.15) is 5.75 Å². The van der Waals surface area contributed by atoms with Crippen LogP contribution in [0.4, 0.5) is 0 Å². The van der Waals surface area contributed by atoms with Crippen molar-refractivity contribution in [3.8, 4) is 5.75 Å². The largest absolute Gasteiger partial charge is 0.492 e. The first-order valence-corrected chi connectivity index (χ1v) is 6.89. The van der Waals surface area contributed by atoms with Crippen molar-refractivity contribution in [3.63, 3.8) is 0 Å². The number of benzene rings is 1. The smallest absolute Gasteiger partial charge is 0.123 e. The van der Waals surface area contributed by atoms with Crippen molar-refractivity contribution in [2.45, 2.75) is 52.1 Å². The van der Waals surface area contributed by atoms with E-state index in [0.29, 0.717) is 5.92 Å². The highest BCUT2D eigenvalue weighted by Crippen LogP contribution is 2.40. The van der Waals surface area contributed by atoms with E-state index in [0.717, 1.165) is 30.8 Å². The van der Waals surface area contributed by atoms with Crippen LogP contribution in [0, 0.1) is 5.92 Å². The zero-order chi connectivity index (χ0) is 13.3. The van der Waals surface area contributed by atoms with E-state index in [4.69, 9.17) is 4.74 Å². The lowest BCUT2D eigenvalue weighted by Gasteiger charge is -2.19. The molecular formula is C16H24O2. The Bertz CT molecular complexity index is 423. The zero-order valence-electron chi connectivity index (χ0n) is 11.9. The maximum absolute atomic E-state index is 10.3. The molecule has 2 unspecified atom stereocenters. The monoisotopic (exact) mass is 248 g/mol. The molecule has 1 aliphatic heterocycles. The third-order valence-electron chi connectivity index (χ3n) is 4.03. The highest BCUT2D eigenvalue weighted by atomic mass is 16.5. The van der Waals surface area contributed by atoms with E-state index < -0.39 is 0 Å². The Labute approximate surface area is 110 Å². The summed E-state index contributed by atoms with van der Waals surface area (Å²) < 4.78 is 5.67. The minimum Gasteiger partial charge on any atom is -0.492 e. The van der Waals surface area contributed by atoms with E-state index in [-0.39, 0.29) is 11.5 Å². The molecule has 0 saturated heterocycles. The second kappa shape index (κ2) is 4.93. The van der Waals surface area contributed by atoms with Gasteiger partial charge in [0.2, 0.25) is 0 Å². The fourth-order valence-corrected chi connectivity index (χ4v) is 2.43. The van der Waals surface area contributed by atoms with Gasteiger partial charge in [0.25, 0.3) is 0 Å². The van der Waals surface area contributed by atoms with E-state index in [9.17, 15) is 5.11 Å². The van der Waals surface area contributed by atoms with Gasteiger partial charge in [-0.15, -0.1) is 0 Å². The molecule has 0 saturated carbocycles. The van der Waals surface area contributed by atoms with Gasteiger partial charge in [0.05, 0.1) is 12.7 Å². The van der Waals surface area contributed by atoms with Crippen LogP contribution in [0.1, 0.15) is 57.8 Å². The Morgan fingerprint density at radius 3 is 2.78 bits per heavy atom. The van der Waals surface area contributed by atoms with Crippen LogP contribution in [0.25, 0.3) is 0 Å². The van der Waals surface area contributed by atoms with Crippen molar-refractivity contribution in [2.24, 2.45) is 5.92 Å². The van der Waals surface area contributed by atoms with Crippen molar-refractivity contribution < 1.29 is 9.84 Å². The van der Waals surface area contributed by atoms with Crippen LogP contribution in [-0.4, -0.2) is 11.7 Å². The van der Waals surface area contributed by atoms with Crippen LogP contribution >= 0.6 is 0 Å². The number of hydrogen-bond donors (Lipinski definition) is 1. The lowest BCUT2D eigenvalue weighted by molar-refractivity contribution is 0.146. The summed E-state index contributed by atoms with van der Waals surface area (Å²) in [5.41, 5.74) is 2.30. The Hall–Kier alpha value is -1.02. The summed E-state index contributed by atoms with van der Waals surface area (Å²) >= 11 is 0. The van der Waals surface area contributed by atoms with Crippen molar-refractivity contribution >= 4 is 0 Å². The van der Waals surface area contributed by atoms with Gasteiger partial charge in [-0.3, -0.25) is 0 Å². The molecule has 0 amide bonds. The van der Waals surface area contributed by atoms with Gasteiger partial charge in [0.15, 0.2) is 0 Å². The molecule has 0 radical (unpaired) electrons. The van der Waals surface area contributed by atoms with E-state index in [2.05, 4.69) is 33.8 Å². The van der Waals surface area contributed by atoms with Crippen molar-refractivity contribution in [1.29, 1.82) is 0 Å². The molecule has 1 N–H and O–H groups in total. The van der Waals surface area contributed by atoms with E-state index in [1.54, 1.807) is 0 Å². The van der Waals surface area contributed by atoms with Crippen LogP contribution in [0.2, 0.25) is 0 Å². The number of fused-ring (bicyclic) bond motifs is 1. The number of ether oxygens (including phenoxy) is 1. The summed E-state index contributed by atoms with van der Waals surface area (Å²) in [6.45, 7) is 9.45. The normalized spacial score (nSPS) is 20.1. The third-order valence-corrected chi connectivity index (χ3v) is 4.03. The molecule has 0 bridgehead atoms. The summed E-state index contributed by atoms with van der Waals surface area (Å²) in [6.07, 6.45) is 1.58. The fraction of sp³-hybridized carbons (Fsp3) is 0.625. The molecule has 1 aliphatic rings. The first kappa shape index (κ1) is 13.4. The predicted octanol–water partition coefficient (Wildman–Crippen LogP) is 3.83. The summed E-state index contributed by atoms with van der Waals surface area (Å²) in [7, 11) is 0. The van der Waals surface area contributed by atoms with Gasteiger partial charge in [-0.05, 0) is 30.0 Å². The first-order valence-electron chi connectivity index (χ1n) is 6.89. The van der Waals surface area contributed by atoms with E-state index >= 15 is 0 Å². The van der Waals surface area contributed by atoms with Crippen molar-refractivity contribution in [2.75, 3.05) is 6.61 Å². The van der Waals surface area contributed by atoms with Crippen LogP contribution < -0.4 is 4.74 Å². The molecule has 2 atom stereocenters.